The molecular formula is C34H42NO15P. The largest absolute Gasteiger partial charge is 0.466 e. The van der Waals surface area contributed by atoms with Crippen LogP contribution in [0.1, 0.15) is 52.2 Å². The Bertz CT molecular complexity index is 1540. The molecule has 1 heterocycles. The zero-order valence-corrected chi connectivity index (χ0v) is 30.0. The predicted molar refractivity (Wildman–Crippen MR) is 175 cm³/mol. The average molecular weight is 736 g/mol. The van der Waals surface area contributed by atoms with Crippen molar-refractivity contribution in [3.05, 3.63) is 71.8 Å². The van der Waals surface area contributed by atoms with Crippen LogP contribution in [0.25, 0.3) is 0 Å². The normalized spacial score (nSPS) is 21.3. The molecule has 0 bridgehead atoms. The Morgan fingerprint density at radius 1 is 0.804 bits per heavy atom. The number of hydrogen-bond acceptors (Lipinski definition) is 15. The van der Waals surface area contributed by atoms with E-state index in [4.69, 9.17) is 37.5 Å². The minimum absolute atomic E-state index is 0.372. The van der Waals surface area contributed by atoms with E-state index in [1.807, 2.05) is 0 Å². The molecule has 1 amide bonds. The van der Waals surface area contributed by atoms with Crippen LogP contribution in [0.5, 0.6) is 0 Å². The Hall–Kier alpha value is -4.63. The zero-order chi connectivity index (χ0) is 37.8. The van der Waals surface area contributed by atoms with Crippen LogP contribution in [0.2, 0.25) is 0 Å². The predicted octanol–water partition coefficient (Wildman–Crippen LogP) is 3.13. The number of carbonyl (C=O) groups excluding carboxylic acids is 6. The van der Waals surface area contributed by atoms with Crippen molar-refractivity contribution in [3.63, 3.8) is 0 Å². The molecule has 0 aliphatic carbocycles. The summed E-state index contributed by atoms with van der Waals surface area (Å²) in [4.78, 5) is 75.9. The van der Waals surface area contributed by atoms with E-state index in [9.17, 15) is 28.8 Å². The maximum absolute atomic E-state index is 15.4. The Kier molecular flexibility index (Phi) is 14.8. The first kappa shape index (κ1) is 40.8. The van der Waals surface area contributed by atoms with Crippen LogP contribution < -0.4 is 5.32 Å². The lowest BCUT2D eigenvalue weighted by molar-refractivity contribution is -0.229. The second kappa shape index (κ2) is 18.6. The van der Waals surface area contributed by atoms with Crippen molar-refractivity contribution in [3.8, 4) is 0 Å². The summed E-state index contributed by atoms with van der Waals surface area (Å²) in [6.07, 6.45) is -7.64. The number of rotatable bonds is 16. The third-order valence-electron chi connectivity index (χ3n) is 7.45. The van der Waals surface area contributed by atoms with Gasteiger partial charge in [-0.25, -0.2) is 4.79 Å². The van der Waals surface area contributed by atoms with E-state index >= 15 is 4.57 Å². The maximum Gasteiger partial charge on any atom is 0.374 e. The molecule has 16 nitrogen and oxygen atoms in total. The van der Waals surface area contributed by atoms with Crippen LogP contribution in [0.3, 0.4) is 0 Å². The van der Waals surface area contributed by atoms with Gasteiger partial charge in [0, 0.05) is 41.0 Å². The number of amides is 1. The van der Waals surface area contributed by atoms with Gasteiger partial charge >= 0.3 is 37.4 Å². The second-order valence-corrected chi connectivity index (χ2v) is 13.7. The third-order valence-corrected chi connectivity index (χ3v) is 9.74. The first-order chi connectivity index (χ1) is 24.1. The number of hydrogen-bond donors (Lipinski definition) is 1. The van der Waals surface area contributed by atoms with Gasteiger partial charge in [0.2, 0.25) is 5.91 Å². The molecule has 6 atom stereocenters. The lowest BCUT2D eigenvalue weighted by Crippen LogP contribution is -2.68. The highest BCUT2D eigenvalue weighted by Gasteiger charge is 2.68. The number of carbonyl (C=O) groups is 6. The quantitative estimate of drug-likeness (QED) is 0.149. The van der Waals surface area contributed by atoms with E-state index in [1.165, 1.54) is 0 Å². The van der Waals surface area contributed by atoms with Gasteiger partial charge in [-0.05, 0) is 11.1 Å². The number of esters is 5. The Labute approximate surface area is 294 Å². The fraction of sp³-hybridized carbons (Fsp3) is 0.471. The number of benzene rings is 2. The number of nitrogens with one attached hydrogen (secondary N) is 1. The van der Waals surface area contributed by atoms with Gasteiger partial charge in [0.15, 0.2) is 12.2 Å². The summed E-state index contributed by atoms with van der Waals surface area (Å²) in [7, 11) is -4.03. The number of ether oxygens (including phenoxy) is 6. The molecule has 0 unspecified atom stereocenters. The summed E-state index contributed by atoms with van der Waals surface area (Å²) >= 11 is 0. The molecule has 3 rings (SSSR count). The molecule has 278 valence electrons. The van der Waals surface area contributed by atoms with Crippen LogP contribution in [0, 0.1) is 0 Å². The van der Waals surface area contributed by atoms with Gasteiger partial charge in [-0.2, -0.15) is 0 Å². The van der Waals surface area contributed by atoms with E-state index in [1.54, 1.807) is 60.7 Å². The fourth-order valence-corrected chi connectivity index (χ4v) is 7.51. The molecule has 1 aliphatic rings. The number of methoxy groups -OCH3 is 1. The summed E-state index contributed by atoms with van der Waals surface area (Å²) in [5.41, 5.74) is 1.05. The van der Waals surface area contributed by atoms with Gasteiger partial charge in [0.05, 0.1) is 26.4 Å². The van der Waals surface area contributed by atoms with Gasteiger partial charge < -0.3 is 42.8 Å². The molecule has 0 spiro atoms. The highest BCUT2D eigenvalue weighted by atomic mass is 31.2. The minimum atomic E-state index is -5.01. The molecule has 2 aromatic rings. The van der Waals surface area contributed by atoms with Crippen LogP contribution in [-0.2, 0) is 84.0 Å². The molecule has 1 aliphatic heterocycles. The first-order valence-corrected chi connectivity index (χ1v) is 17.3. The Morgan fingerprint density at radius 3 is 1.76 bits per heavy atom. The molecular weight excluding hydrogens is 693 g/mol. The molecule has 17 heteroatoms. The van der Waals surface area contributed by atoms with Crippen molar-refractivity contribution in [2.24, 2.45) is 0 Å². The molecule has 0 radical (unpaired) electrons. The summed E-state index contributed by atoms with van der Waals surface area (Å²) < 4.78 is 60.6. The van der Waals surface area contributed by atoms with Gasteiger partial charge in [0.1, 0.15) is 18.8 Å². The van der Waals surface area contributed by atoms with Crippen molar-refractivity contribution >= 4 is 43.3 Å². The lowest BCUT2D eigenvalue weighted by atomic mass is 9.89. The monoisotopic (exact) mass is 735 g/mol. The molecule has 0 saturated carbocycles. The van der Waals surface area contributed by atoms with Crippen LogP contribution in [0.4, 0.5) is 0 Å². The highest BCUT2D eigenvalue weighted by molar-refractivity contribution is 7.56. The van der Waals surface area contributed by atoms with Crippen LogP contribution >= 0.6 is 7.60 Å². The summed E-state index contributed by atoms with van der Waals surface area (Å²) in [6.45, 7) is 3.85. The molecule has 2 aromatic carbocycles. The smallest absolute Gasteiger partial charge is 0.374 e. The van der Waals surface area contributed by atoms with Crippen molar-refractivity contribution in [1.29, 1.82) is 0 Å². The fourth-order valence-electron chi connectivity index (χ4n) is 5.41. The Balaban J connectivity index is 2.33. The van der Waals surface area contributed by atoms with E-state index in [0.717, 1.165) is 41.7 Å². The molecule has 51 heavy (non-hydrogen) atoms. The third kappa shape index (κ3) is 11.2. The molecule has 0 aromatic heterocycles. The molecule has 1 fully saturated rings. The summed E-state index contributed by atoms with van der Waals surface area (Å²) in [5.74, 6) is -5.55. The summed E-state index contributed by atoms with van der Waals surface area (Å²) in [6, 6.07) is 15.5. The van der Waals surface area contributed by atoms with Crippen molar-refractivity contribution in [1.82, 2.24) is 5.32 Å². The first-order valence-electron chi connectivity index (χ1n) is 15.8. The van der Waals surface area contributed by atoms with Gasteiger partial charge in [0.25, 0.3) is 5.34 Å². The van der Waals surface area contributed by atoms with Gasteiger partial charge in [-0.15, -0.1) is 0 Å². The zero-order valence-electron chi connectivity index (χ0n) is 29.1. The van der Waals surface area contributed by atoms with E-state index < -0.39 is 92.2 Å². The van der Waals surface area contributed by atoms with E-state index in [2.05, 4.69) is 5.32 Å². The summed E-state index contributed by atoms with van der Waals surface area (Å²) in [5, 5.41) is -0.214. The SMILES string of the molecule is COC(=O)[C@@]1(P(=O)(OCc2ccccc2)OCc2ccccc2)C[C@H](OC(C)=O)[C@@H](NC(C)=O)[C@H]([C@H](OC(C)=O)[C@@H](COC(C)=O)OC(C)=O)O1. The van der Waals surface area contributed by atoms with Crippen LogP contribution in [0.15, 0.2) is 60.7 Å². The highest BCUT2D eigenvalue weighted by Crippen LogP contribution is 2.66. The van der Waals surface area contributed by atoms with Crippen molar-refractivity contribution in [2.45, 2.75) is 90.1 Å². The van der Waals surface area contributed by atoms with Crippen LogP contribution in [-0.4, -0.2) is 85.3 Å². The van der Waals surface area contributed by atoms with Crippen molar-refractivity contribution < 1.29 is 70.8 Å². The minimum Gasteiger partial charge on any atom is -0.466 e. The van der Waals surface area contributed by atoms with E-state index in [-0.39, 0.29) is 13.2 Å². The molecule has 1 N–H and O–H groups in total. The second-order valence-electron chi connectivity index (χ2n) is 11.5. The standard InChI is InChI=1S/C34H42NO15P/c1-21(36)35-30-28(47-23(3)38)17-34(33(41)43-6,50-32(30)31(49-25(5)40)29(48-24(4)39)20-44-22(2)37)51(42,45-18-26-13-9-7-10-14-26)46-19-27-15-11-8-12-16-27/h7-16,28-32H,17-20H2,1-6H3,(H,35,36)/t28-,29+,30+,31+,32+,34-/m0/s1. The average Bonchev–Trinajstić information content (AvgIpc) is 3.07. The topological polar surface area (TPSA) is 205 Å². The Morgan fingerprint density at radius 2 is 1.33 bits per heavy atom. The van der Waals surface area contributed by atoms with Gasteiger partial charge in [-0.3, -0.25) is 28.5 Å². The van der Waals surface area contributed by atoms with Crippen molar-refractivity contribution in [2.75, 3.05) is 13.7 Å². The lowest BCUT2D eigenvalue weighted by Gasteiger charge is -2.49. The maximum atomic E-state index is 15.4. The van der Waals surface area contributed by atoms with E-state index in [0.29, 0.717) is 11.1 Å². The van der Waals surface area contributed by atoms with Gasteiger partial charge in [-0.1, -0.05) is 60.7 Å². The molecule has 1 saturated heterocycles.